The van der Waals surface area contributed by atoms with E-state index in [0.29, 0.717) is 30.4 Å². The van der Waals surface area contributed by atoms with E-state index < -0.39 is 5.97 Å². The van der Waals surface area contributed by atoms with Crippen molar-refractivity contribution in [2.24, 2.45) is 0 Å². The van der Waals surface area contributed by atoms with Crippen LogP contribution in [0.1, 0.15) is 12.0 Å². The molecule has 0 aliphatic carbocycles. The zero-order chi connectivity index (χ0) is 15.8. The van der Waals surface area contributed by atoms with E-state index in [4.69, 9.17) is 26.2 Å². The third-order valence-electron chi connectivity index (χ3n) is 2.96. The van der Waals surface area contributed by atoms with Crippen LogP contribution in [0.25, 0.3) is 0 Å². The topological polar surface area (TPSA) is 55.8 Å². The van der Waals surface area contributed by atoms with E-state index in [0.717, 1.165) is 11.3 Å². The number of hydrogen-bond acceptors (Lipinski definition) is 3. The van der Waals surface area contributed by atoms with E-state index >= 15 is 0 Å². The summed E-state index contributed by atoms with van der Waals surface area (Å²) in [6, 6.07) is 14.6. The quantitative estimate of drug-likeness (QED) is 0.751. The molecule has 0 heterocycles. The lowest BCUT2D eigenvalue weighted by Crippen LogP contribution is -2.09. The first-order valence-electron chi connectivity index (χ1n) is 6.95. The Hall–Kier alpha value is -2.20. The second kappa shape index (κ2) is 8.29. The molecule has 0 aromatic heterocycles. The van der Waals surface area contributed by atoms with Crippen molar-refractivity contribution in [3.63, 3.8) is 0 Å². The number of ether oxygens (including phenoxy) is 2. The van der Waals surface area contributed by atoms with Gasteiger partial charge in [0.05, 0.1) is 0 Å². The molecule has 22 heavy (non-hydrogen) atoms. The van der Waals surface area contributed by atoms with E-state index in [1.165, 1.54) is 0 Å². The third-order valence-corrected chi connectivity index (χ3v) is 3.21. The smallest absolute Gasteiger partial charge is 0.303 e. The number of aliphatic carboxylic acids is 1. The molecule has 0 radical (unpaired) electrons. The number of aryl methyl sites for hydroxylation is 1. The summed E-state index contributed by atoms with van der Waals surface area (Å²) >= 11 is 5.80. The minimum absolute atomic E-state index is 0.114. The summed E-state index contributed by atoms with van der Waals surface area (Å²) in [6.07, 6.45) is 0.608. The summed E-state index contributed by atoms with van der Waals surface area (Å²) in [5, 5.41) is 9.36. The van der Waals surface area contributed by atoms with Crippen LogP contribution in [0.2, 0.25) is 5.02 Å². The fourth-order valence-electron chi connectivity index (χ4n) is 1.89. The molecule has 0 bridgehead atoms. The molecule has 2 aromatic carbocycles. The highest BCUT2D eigenvalue weighted by Gasteiger charge is 2.01. The molecular weight excluding hydrogens is 304 g/mol. The zero-order valence-electron chi connectivity index (χ0n) is 12.0. The van der Waals surface area contributed by atoms with Crippen molar-refractivity contribution in [1.82, 2.24) is 0 Å². The highest BCUT2D eigenvalue weighted by molar-refractivity contribution is 6.30. The van der Waals surface area contributed by atoms with Gasteiger partial charge in [0.25, 0.3) is 0 Å². The summed E-state index contributed by atoms with van der Waals surface area (Å²) in [7, 11) is 0. The fourth-order valence-corrected chi connectivity index (χ4v) is 2.02. The Balaban J connectivity index is 1.75. The van der Waals surface area contributed by atoms with Crippen LogP contribution in [-0.2, 0) is 11.2 Å². The normalized spacial score (nSPS) is 10.2. The van der Waals surface area contributed by atoms with Gasteiger partial charge in [0.2, 0.25) is 0 Å². The Kier molecular flexibility index (Phi) is 6.10. The Labute approximate surface area is 134 Å². The van der Waals surface area contributed by atoms with Crippen LogP contribution in [0, 0.1) is 0 Å². The zero-order valence-corrected chi connectivity index (χ0v) is 12.8. The maximum absolute atomic E-state index is 10.6. The van der Waals surface area contributed by atoms with Crippen LogP contribution in [0.4, 0.5) is 0 Å². The Morgan fingerprint density at radius 2 is 1.68 bits per heavy atom. The van der Waals surface area contributed by atoms with Crippen LogP contribution >= 0.6 is 11.6 Å². The lowest BCUT2D eigenvalue weighted by atomic mass is 10.1. The van der Waals surface area contributed by atoms with Crippen molar-refractivity contribution in [2.45, 2.75) is 12.8 Å². The van der Waals surface area contributed by atoms with Crippen molar-refractivity contribution in [1.29, 1.82) is 0 Å². The number of carbonyl (C=O) groups is 1. The van der Waals surface area contributed by atoms with E-state index in [-0.39, 0.29) is 6.42 Å². The molecule has 0 fully saturated rings. The molecule has 2 rings (SSSR count). The molecule has 2 aromatic rings. The highest BCUT2D eigenvalue weighted by Crippen LogP contribution is 2.16. The van der Waals surface area contributed by atoms with Gasteiger partial charge in [0.15, 0.2) is 0 Å². The van der Waals surface area contributed by atoms with Gasteiger partial charge in [-0.15, -0.1) is 0 Å². The molecule has 4 nitrogen and oxygen atoms in total. The predicted octanol–water partition coefficient (Wildman–Crippen LogP) is 3.82. The van der Waals surface area contributed by atoms with Gasteiger partial charge in [-0.3, -0.25) is 4.79 Å². The first kappa shape index (κ1) is 16.2. The molecule has 0 saturated heterocycles. The van der Waals surface area contributed by atoms with Crippen molar-refractivity contribution in [3.8, 4) is 11.5 Å². The van der Waals surface area contributed by atoms with Crippen LogP contribution in [-0.4, -0.2) is 24.3 Å². The van der Waals surface area contributed by atoms with E-state index in [1.807, 2.05) is 24.3 Å². The van der Waals surface area contributed by atoms with Gasteiger partial charge in [-0.05, 0) is 48.4 Å². The highest BCUT2D eigenvalue weighted by atomic mass is 35.5. The summed E-state index contributed by atoms with van der Waals surface area (Å²) in [4.78, 5) is 10.6. The number of hydrogen-bond donors (Lipinski definition) is 1. The standard InChI is InChI=1S/C17H17ClO4/c18-14-5-7-15(8-6-14)21-10-11-22-16-3-1-2-13(12-16)4-9-17(19)20/h1-3,5-8,12H,4,9-11H2,(H,19,20). The SMILES string of the molecule is O=C(O)CCc1cccc(OCCOc2ccc(Cl)cc2)c1. The summed E-state index contributed by atoms with van der Waals surface area (Å²) in [6.45, 7) is 0.825. The third kappa shape index (κ3) is 5.66. The monoisotopic (exact) mass is 320 g/mol. The molecule has 5 heteroatoms. The second-order valence-electron chi connectivity index (χ2n) is 4.69. The number of halogens is 1. The van der Waals surface area contributed by atoms with Crippen LogP contribution in [0.5, 0.6) is 11.5 Å². The minimum atomic E-state index is -0.803. The van der Waals surface area contributed by atoms with Crippen LogP contribution in [0.15, 0.2) is 48.5 Å². The molecule has 1 N–H and O–H groups in total. The summed E-state index contributed by atoms with van der Waals surface area (Å²) < 4.78 is 11.1. The summed E-state index contributed by atoms with van der Waals surface area (Å²) in [5.41, 5.74) is 0.943. The van der Waals surface area contributed by atoms with Gasteiger partial charge in [-0.1, -0.05) is 23.7 Å². The number of rotatable bonds is 8. The molecular formula is C17H17ClO4. The molecule has 0 saturated carbocycles. The van der Waals surface area contributed by atoms with E-state index in [1.54, 1.807) is 24.3 Å². The van der Waals surface area contributed by atoms with Gasteiger partial charge in [-0.25, -0.2) is 0 Å². The number of carboxylic acids is 1. The molecule has 0 amide bonds. The Morgan fingerprint density at radius 1 is 1.00 bits per heavy atom. The van der Waals surface area contributed by atoms with E-state index in [2.05, 4.69) is 0 Å². The number of benzene rings is 2. The fraction of sp³-hybridized carbons (Fsp3) is 0.235. The molecule has 0 spiro atoms. The maximum Gasteiger partial charge on any atom is 0.303 e. The van der Waals surface area contributed by atoms with Crippen molar-refractivity contribution in [2.75, 3.05) is 13.2 Å². The largest absolute Gasteiger partial charge is 0.490 e. The van der Waals surface area contributed by atoms with E-state index in [9.17, 15) is 4.79 Å². The molecule has 116 valence electrons. The minimum Gasteiger partial charge on any atom is -0.490 e. The first-order valence-corrected chi connectivity index (χ1v) is 7.33. The maximum atomic E-state index is 10.6. The lowest BCUT2D eigenvalue weighted by molar-refractivity contribution is -0.136. The Morgan fingerprint density at radius 3 is 2.36 bits per heavy atom. The van der Waals surface area contributed by atoms with Gasteiger partial charge in [-0.2, -0.15) is 0 Å². The first-order chi connectivity index (χ1) is 10.6. The molecule has 0 unspecified atom stereocenters. The average Bonchev–Trinajstić information content (AvgIpc) is 2.52. The van der Waals surface area contributed by atoms with Gasteiger partial charge in [0.1, 0.15) is 24.7 Å². The van der Waals surface area contributed by atoms with Gasteiger partial charge < -0.3 is 14.6 Å². The van der Waals surface area contributed by atoms with Crippen molar-refractivity contribution < 1.29 is 19.4 Å². The van der Waals surface area contributed by atoms with Crippen LogP contribution < -0.4 is 9.47 Å². The lowest BCUT2D eigenvalue weighted by Gasteiger charge is -2.09. The van der Waals surface area contributed by atoms with Crippen LogP contribution in [0.3, 0.4) is 0 Å². The number of carboxylic acid groups (broad SMARTS) is 1. The average molecular weight is 321 g/mol. The predicted molar refractivity (Wildman–Crippen MR) is 84.8 cm³/mol. The summed E-state index contributed by atoms with van der Waals surface area (Å²) in [5.74, 6) is 0.647. The van der Waals surface area contributed by atoms with Gasteiger partial charge >= 0.3 is 5.97 Å². The molecule has 0 aliphatic heterocycles. The van der Waals surface area contributed by atoms with Crippen molar-refractivity contribution in [3.05, 3.63) is 59.1 Å². The van der Waals surface area contributed by atoms with Crippen molar-refractivity contribution >= 4 is 17.6 Å². The molecule has 0 atom stereocenters. The molecule has 0 aliphatic rings. The second-order valence-corrected chi connectivity index (χ2v) is 5.13. The Bertz CT molecular complexity index is 610. The van der Waals surface area contributed by atoms with Gasteiger partial charge in [0, 0.05) is 11.4 Å².